The van der Waals surface area contributed by atoms with E-state index >= 15 is 0 Å². The first-order chi connectivity index (χ1) is 67.8. The van der Waals surface area contributed by atoms with E-state index in [0.29, 0.717) is 24.0 Å². The highest BCUT2D eigenvalue weighted by molar-refractivity contribution is 8.07. The standard InChI is InChI=1S/2C42H51N10O15P3S2/c1-49(2)24-12-14-28-31(19-24)72-32-20-25(50(3)4)13-15-29(32)34(28)26-9-6-7-10-27(26)40(55)51(5)18-8-11-33(53)44-16-17-45-42(56)65-37-30(21-63-68(57,58)66-69(59,60)67-70(61,62)71)64-41(36(37)54)52-23-48-35-38(43)46-22-47-39(35)52;1-49(2)24-12-14-28-31(19-24)72-32-20-25(50(3)4)13-15-29(32)34(28)26-9-6-7-10-27(26)40(55)51(5)18-8-11-33(53)44-16-17-45-42(56)65-37-36(54)30(21-63-68(57,58)66-69(59,60)67-70(61,62)71)64-41(37)52-23-48-35-38(43)46-22-47-39(35)52/h2*6-7,9-10,12-15,19-20,22-23,30,36-37,41,54H,8,11,16-18,21H2,1-5H3,(H7-,43,44,45,46,47,53,56,57,58,59,60,61,62,71)/t2*30-,36-,37-,41-/m11/s1. The Morgan fingerprint density at radius 1 is 0.486 bits per heavy atom. The van der Waals surface area contributed by atoms with Crippen molar-refractivity contribution in [2.75, 3.05) is 144 Å². The molecule has 4 aliphatic heterocycles. The summed E-state index contributed by atoms with van der Waals surface area (Å²) in [4.78, 5) is 194. The Kier molecular flexibility index (Phi) is 35.8. The van der Waals surface area contributed by atoms with E-state index in [2.05, 4.69) is 165 Å². The molecule has 6 unspecified atom stereocenters. The van der Waals surface area contributed by atoms with Crippen LogP contribution in [0.1, 0.15) is 58.9 Å². The number of nitrogens with one attached hydrogen (secondary N) is 4. The largest absolute Gasteiger partial charge is 0.779 e. The van der Waals surface area contributed by atoms with Crippen molar-refractivity contribution in [1.29, 1.82) is 0 Å². The van der Waals surface area contributed by atoms with Crippen LogP contribution in [0.25, 0.3) is 85.6 Å². The molecule has 50 nitrogen and oxygen atoms in total. The molecule has 144 heavy (non-hydrogen) atoms. The topological polar surface area (TPSA) is 677 Å². The zero-order chi connectivity index (χ0) is 105. The molecule has 60 heteroatoms. The van der Waals surface area contributed by atoms with E-state index in [4.69, 9.17) is 49.2 Å². The van der Waals surface area contributed by atoms with Crippen LogP contribution in [0, 0.1) is 0 Å². The lowest BCUT2D eigenvalue weighted by Crippen LogP contribution is -2.42. The molecule has 772 valence electrons. The minimum Gasteiger partial charge on any atom is -0.779 e. The van der Waals surface area contributed by atoms with E-state index in [9.17, 15) is 86.6 Å². The summed E-state index contributed by atoms with van der Waals surface area (Å²) in [6.45, 7) is -12.2. The summed E-state index contributed by atoms with van der Waals surface area (Å²) in [5, 5.41) is 36.9. The molecule has 0 saturated carbocycles. The van der Waals surface area contributed by atoms with Gasteiger partial charge >= 0.3 is 43.5 Å². The lowest BCUT2D eigenvalue weighted by molar-refractivity contribution is -0.196. The van der Waals surface area contributed by atoms with Gasteiger partial charge in [0.15, 0.2) is 47.6 Å². The Morgan fingerprint density at radius 3 is 1.30 bits per heavy atom. The maximum atomic E-state index is 14.2. The first-order valence-electron chi connectivity index (χ1n) is 43.4. The van der Waals surface area contributed by atoms with Gasteiger partial charge in [-0.1, -0.05) is 72.1 Å². The van der Waals surface area contributed by atoms with Crippen LogP contribution in [-0.4, -0.2) is 284 Å². The summed E-state index contributed by atoms with van der Waals surface area (Å²) >= 11 is 11.3. The molecule has 6 amide bonds. The molecule has 14 rings (SSSR count). The molecular formula is C84H102N20O30P6S4. The summed E-state index contributed by atoms with van der Waals surface area (Å²) in [6.07, 6.45) is -9.94. The van der Waals surface area contributed by atoms with Gasteiger partial charge in [0, 0.05) is 182 Å². The number of fused-ring (bicyclic) bond motifs is 6. The van der Waals surface area contributed by atoms with Gasteiger partial charge in [0.25, 0.3) is 11.8 Å². The molecule has 4 aromatic carbocycles. The molecule has 2 saturated heterocycles. The smallest absolute Gasteiger partial charge is 0.485 e. The fourth-order valence-electron chi connectivity index (χ4n) is 15.5. The number of hydrogen-bond donors (Lipinski definition) is 14. The third kappa shape index (κ3) is 27.8. The van der Waals surface area contributed by atoms with Crippen LogP contribution < -0.4 is 72.2 Å². The Bertz CT molecular complexity index is 7250. The summed E-state index contributed by atoms with van der Waals surface area (Å²) in [5.41, 5.74) is 20.8. The Morgan fingerprint density at radius 2 is 0.882 bits per heavy atom. The van der Waals surface area contributed by atoms with Gasteiger partial charge in [0.1, 0.15) is 89.7 Å². The highest BCUT2D eigenvalue weighted by Gasteiger charge is 2.52. The number of alkyl carbamates (subject to hydrolysis) is 2. The summed E-state index contributed by atoms with van der Waals surface area (Å²) in [7, 11) is -3.35. The highest BCUT2D eigenvalue weighted by atomic mass is 32.5. The predicted octanol–water partition coefficient (Wildman–Crippen LogP) is 4.68. The number of carbonyl (C=O) groups excluding carboxylic acids is 6. The van der Waals surface area contributed by atoms with Crippen molar-refractivity contribution in [2.45, 2.75) is 74.8 Å². The van der Waals surface area contributed by atoms with Crippen LogP contribution in [0.15, 0.2) is 147 Å². The Labute approximate surface area is 838 Å². The molecule has 0 spiro atoms. The number of ether oxygens (including phenoxy) is 4. The second-order valence-corrected chi connectivity index (χ2v) is 47.0. The van der Waals surface area contributed by atoms with Crippen LogP contribution in [0.5, 0.6) is 0 Å². The number of imidazole rings is 2. The van der Waals surface area contributed by atoms with E-state index in [-0.39, 0.29) is 110 Å². The monoisotopic (exact) mass is 2180 g/mol. The number of hydrogen-bond acceptors (Lipinski definition) is 38. The van der Waals surface area contributed by atoms with Crippen molar-refractivity contribution in [3.05, 3.63) is 168 Å². The number of carbonyl (C=O) groups is 6. The summed E-state index contributed by atoms with van der Waals surface area (Å²) < 4.78 is 105. The molecule has 2 fully saturated rings. The zero-order valence-electron chi connectivity index (χ0n) is 78.3. The van der Waals surface area contributed by atoms with Crippen LogP contribution in [0.3, 0.4) is 0 Å². The number of aliphatic hydroxyl groups excluding tert-OH is 2. The molecule has 16 N–H and O–H groups in total. The molecule has 14 atom stereocenters. The number of anilines is 4. The van der Waals surface area contributed by atoms with E-state index in [1.165, 1.54) is 21.8 Å². The van der Waals surface area contributed by atoms with Gasteiger partial charge in [-0.15, -0.1) is 22.7 Å². The Balaban J connectivity index is 0.000000241. The van der Waals surface area contributed by atoms with Gasteiger partial charge < -0.3 is 121 Å². The third-order valence-electron chi connectivity index (χ3n) is 22.3. The van der Waals surface area contributed by atoms with E-state index in [1.54, 1.807) is 58.7 Å². The lowest BCUT2D eigenvalue weighted by atomic mass is 9.91. The molecule has 6 aliphatic rings. The predicted molar refractivity (Wildman–Crippen MR) is 533 cm³/mol. The van der Waals surface area contributed by atoms with Gasteiger partial charge in [0.05, 0.1) is 25.9 Å². The van der Waals surface area contributed by atoms with Crippen LogP contribution in [0.4, 0.5) is 32.6 Å². The van der Waals surface area contributed by atoms with Crippen molar-refractivity contribution in [2.24, 2.45) is 0 Å². The molecule has 0 bridgehead atoms. The minimum absolute atomic E-state index is 0.0180. The van der Waals surface area contributed by atoms with Crippen molar-refractivity contribution < 1.29 is 142 Å². The first-order valence-corrected chi connectivity index (χ1v) is 56.2. The number of phosphoric acid groups is 4. The van der Waals surface area contributed by atoms with E-state index in [0.717, 1.165) is 98.1 Å². The van der Waals surface area contributed by atoms with Gasteiger partial charge in [-0.05, 0) is 83.6 Å². The van der Waals surface area contributed by atoms with Crippen molar-refractivity contribution in [3.8, 4) is 43.1 Å². The number of phosphoric ester groups is 2. The van der Waals surface area contributed by atoms with Crippen molar-refractivity contribution in [1.82, 2.24) is 79.3 Å². The fourth-order valence-corrected chi connectivity index (χ4v) is 25.3. The molecular weight excluding hydrogens is 2080 g/mol. The second kappa shape index (κ2) is 46.6. The average Bonchev–Trinajstić information content (AvgIpc) is 1.15. The lowest BCUT2D eigenvalue weighted by Gasteiger charge is -2.24. The van der Waals surface area contributed by atoms with Gasteiger partial charge in [-0.25, -0.2) is 75.5 Å². The molecule has 0 radical (unpaired) electrons. The maximum absolute atomic E-state index is 14.2. The third-order valence-corrected chi connectivity index (χ3v) is 33.3. The number of nitrogen functional groups attached to an aromatic ring is 2. The number of nitrogens with zero attached hydrogens (tertiary/aromatic N) is 14. The second-order valence-electron chi connectivity index (χ2n) is 33.3. The van der Waals surface area contributed by atoms with Crippen molar-refractivity contribution in [3.63, 3.8) is 0 Å². The normalized spacial score (nSPS) is 19.3. The SMILES string of the molecule is CN(CCCC(=O)NCCNC(=O)O[C@@H]1[C@H](O)[C@@H](COP(=O)(O)OP(=O)(O)OP([O-])(O)=S)O[C@H]1n1cnc2c(N)ncnc21)C(=O)c1ccccc1-c1c2ccc(=[N+](C)C)cc-2sc2cc(N(C)C)ccc12.CN(CCCC(=O)NCCNC(=O)O[C@H]1[C@@H](O)[C@H](n2cnc3c(N)ncnc32)O[C@@H]1COP(=O)(O)OP(=O)(O)OP([O-])(O)=S)C(=O)c1ccccc1-c1c2ccc(=[N+](C)C)cc-2sc2cc(N(C)C)ccc12. The number of aliphatic hydroxyl groups is 2. The summed E-state index contributed by atoms with van der Waals surface area (Å²) in [5.74, 6) is -1.21. The van der Waals surface area contributed by atoms with Crippen LogP contribution in [0.2, 0.25) is 0 Å². The Hall–Kier alpha value is -10.7. The molecule has 8 heterocycles. The van der Waals surface area contributed by atoms with E-state index < -0.39 is 119 Å². The van der Waals surface area contributed by atoms with Crippen molar-refractivity contribution >= 4 is 192 Å². The first kappa shape index (κ1) is 111. The zero-order valence-corrected chi connectivity index (χ0v) is 86.9. The summed E-state index contributed by atoms with van der Waals surface area (Å²) in [6, 6.07) is 40.2. The minimum atomic E-state index is -5.74. The van der Waals surface area contributed by atoms with Gasteiger partial charge in [-0.2, -0.15) is 8.62 Å². The number of nitrogens with two attached hydrogens (primary N) is 2. The fraction of sp³-hybridized carbons (Fsp3) is 0.357. The molecule has 8 aromatic rings. The quantitative estimate of drug-likeness (QED) is 0.0108. The number of benzene rings is 6. The van der Waals surface area contributed by atoms with Gasteiger partial charge in [-0.3, -0.25) is 37.4 Å². The molecule has 2 aliphatic carbocycles. The molecule has 4 aromatic heterocycles. The highest BCUT2D eigenvalue weighted by Crippen LogP contribution is 2.67. The number of amides is 6. The number of aromatic nitrogens is 8. The van der Waals surface area contributed by atoms with Gasteiger partial charge in [0.2, 0.25) is 22.5 Å². The maximum Gasteiger partial charge on any atom is 0.485 e. The van der Waals surface area contributed by atoms with Crippen LogP contribution >= 0.6 is 67.4 Å². The average molecular weight is 2190 g/mol. The number of rotatable bonds is 38. The van der Waals surface area contributed by atoms with Crippen LogP contribution in [-0.2, 0) is 96.7 Å². The van der Waals surface area contributed by atoms with E-state index in [1.807, 2.05) is 112 Å².